The Balaban J connectivity index is 2.07. The molecule has 5 nitrogen and oxygen atoms in total. The Morgan fingerprint density at radius 1 is 1.32 bits per heavy atom. The van der Waals surface area contributed by atoms with E-state index in [-0.39, 0.29) is 11.0 Å². The Labute approximate surface area is 112 Å². The smallest absolute Gasteiger partial charge is 0.256 e. The summed E-state index contributed by atoms with van der Waals surface area (Å²) in [6.07, 6.45) is 1.35. The maximum absolute atomic E-state index is 13.0. The van der Waals surface area contributed by atoms with Crippen molar-refractivity contribution in [3.05, 3.63) is 47.1 Å². The molecule has 0 aliphatic heterocycles. The van der Waals surface area contributed by atoms with E-state index in [0.717, 1.165) is 0 Å². The van der Waals surface area contributed by atoms with Gasteiger partial charge in [0.05, 0.1) is 0 Å². The highest BCUT2D eigenvalue weighted by Gasteiger charge is 2.10. The van der Waals surface area contributed by atoms with E-state index in [1.807, 2.05) is 0 Å². The lowest BCUT2D eigenvalue weighted by molar-refractivity contribution is 0.441. The lowest BCUT2D eigenvalue weighted by atomic mass is 10.2. The zero-order valence-electron chi connectivity index (χ0n) is 9.84. The van der Waals surface area contributed by atoms with Crippen molar-refractivity contribution in [2.24, 2.45) is 0 Å². The van der Waals surface area contributed by atoms with Crippen molar-refractivity contribution < 1.29 is 9.13 Å². The van der Waals surface area contributed by atoms with Crippen LogP contribution in [0.4, 0.5) is 4.39 Å². The molecule has 0 aliphatic carbocycles. The van der Waals surface area contributed by atoms with Gasteiger partial charge in [-0.15, -0.1) is 0 Å². The van der Waals surface area contributed by atoms with E-state index in [4.69, 9.17) is 16.3 Å². The van der Waals surface area contributed by atoms with E-state index in [2.05, 4.69) is 15.1 Å². The summed E-state index contributed by atoms with van der Waals surface area (Å²) in [7, 11) is 0. The zero-order chi connectivity index (χ0) is 13.4. The van der Waals surface area contributed by atoms with E-state index in [1.54, 1.807) is 13.0 Å². The molecular formula is C12H8ClFN4O. The molecule has 1 aromatic carbocycles. The summed E-state index contributed by atoms with van der Waals surface area (Å²) in [5.74, 6) is 0.897. The van der Waals surface area contributed by atoms with Crippen LogP contribution in [0.1, 0.15) is 5.56 Å². The molecule has 0 N–H and O–H groups in total. The minimum atomic E-state index is -0.316. The van der Waals surface area contributed by atoms with Crippen molar-refractivity contribution in [2.75, 3.05) is 0 Å². The summed E-state index contributed by atoms with van der Waals surface area (Å²) in [6, 6.07) is 5.77. The molecule has 96 valence electrons. The molecule has 2 aromatic heterocycles. The molecule has 0 unspecified atom stereocenters. The van der Waals surface area contributed by atoms with Crippen LogP contribution in [0.3, 0.4) is 0 Å². The Bertz CT molecular complexity index is 759. The Morgan fingerprint density at radius 3 is 2.95 bits per heavy atom. The fraction of sp³-hybridized carbons (Fsp3) is 0.0833. The van der Waals surface area contributed by atoms with Crippen molar-refractivity contribution in [3.8, 4) is 11.6 Å². The first-order valence-electron chi connectivity index (χ1n) is 5.44. The second-order valence-corrected chi connectivity index (χ2v) is 4.29. The SMILES string of the molecule is Cc1cc(F)ccc1Oc1cc(Cl)nc2ncnn12. The van der Waals surface area contributed by atoms with Gasteiger partial charge in [0.1, 0.15) is 23.0 Å². The highest BCUT2D eigenvalue weighted by Crippen LogP contribution is 2.26. The Kier molecular flexibility index (Phi) is 2.79. The van der Waals surface area contributed by atoms with Gasteiger partial charge in [-0.3, -0.25) is 0 Å². The van der Waals surface area contributed by atoms with Crippen LogP contribution < -0.4 is 4.74 Å². The molecule has 0 aliphatic rings. The lowest BCUT2D eigenvalue weighted by Crippen LogP contribution is -1.99. The van der Waals surface area contributed by atoms with Gasteiger partial charge in [-0.1, -0.05) is 11.6 Å². The molecule has 3 aromatic rings. The van der Waals surface area contributed by atoms with Crippen molar-refractivity contribution in [2.45, 2.75) is 6.92 Å². The monoisotopic (exact) mass is 278 g/mol. The molecule has 7 heteroatoms. The number of aromatic nitrogens is 4. The number of ether oxygens (including phenoxy) is 1. The normalized spacial score (nSPS) is 10.9. The summed E-state index contributed by atoms with van der Waals surface area (Å²) in [5.41, 5.74) is 0.668. The first kappa shape index (κ1) is 11.9. The third-order valence-corrected chi connectivity index (χ3v) is 2.73. The van der Waals surface area contributed by atoms with Crippen molar-refractivity contribution in [1.82, 2.24) is 19.6 Å². The molecule has 0 bridgehead atoms. The number of benzene rings is 1. The number of aryl methyl sites for hydroxylation is 1. The van der Waals surface area contributed by atoms with Crippen LogP contribution in [0.25, 0.3) is 5.78 Å². The molecule has 0 saturated heterocycles. The van der Waals surface area contributed by atoms with Gasteiger partial charge in [-0.25, -0.2) is 4.39 Å². The second-order valence-electron chi connectivity index (χ2n) is 3.90. The number of hydrogen-bond donors (Lipinski definition) is 0. The lowest BCUT2D eigenvalue weighted by Gasteiger charge is -2.09. The first-order chi connectivity index (χ1) is 9.13. The topological polar surface area (TPSA) is 52.3 Å². The molecule has 2 heterocycles. The van der Waals surface area contributed by atoms with Crippen LogP contribution in [-0.4, -0.2) is 19.6 Å². The van der Waals surface area contributed by atoms with Crippen LogP contribution in [0, 0.1) is 12.7 Å². The van der Waals surface area contributed by atoms with Gasteiger partial charge in [-0.2, -0.15) is 19.6 Å². The molecule has 0 spiro atoms. The van der Waals surface area contributed by atoms with Crippen molar-refractivity contribution >= 4 is 17.4 Å². The van der Waals surface area contributed by atoms with Gasteiger partial charge in [0.25, 0.3) is 5.78 Å². The zero-order valence-corrected chi connectivity index (χ0v) is 10.6. The first-order valence-corrected chi connectivity index (χ1v) is 5.81. The van der Waals surface area contributed by atoms with Crippen LogP contribution in [-0.2, 0) is 0 Å². The maximum atomic E-state index is 13.0. The van der Waals surface area contributed by atoms with E-state index in [9.17, 15) is 4.39 Å². The van der Waals surface area contributed by atoms with Gasteiger partial charge in [0.2, 0.25) is 5.88 Å². The molecule has 19 heavy (non-hydrogen) atoms. The summed E-state index contributed by atoms with van der Waals surface area (Å²) in [5, 5.41) is 4.23. The van der Waals surface area contributed by atoms with Crippen LogP contribution in [0.2, 0.25) is 5.15 Å². The number of nitrogens with zero attached hydrogens (tertiary/aromatic N) is 4. The predicted molar refractivity (Wildman–Crippen MR) is 67.0 cm³/mol. The van der Waals surface area contributed by atoms with Crippen LogP contribution >= 0.6 is 11.6 Å². The fourth-order valence-electron chi connectivity index (χ4n) is 1.67. The third-order valence-electron chi connectivity index (χ3n) is 2.54. The van der Waals surface area contributed by atoms with E-state index < -0.39 is 0 Å². The highest BCUT2D eigenvalue weighted by atomic mass is 35.5. The molecule has 0 atom stereocenters. The Hall–Kier alpha value is -2.21. The van der Waals surface area contributed by atoms with Gasteiger partial charge >= 0.3 is 0 Å². The molecular weight excluding hydrogens is 271 g/mol. The van der Waals surface area contributed by atoms with E-state index in [1.165, 1.54) is 29.0 Å². The summed E-state index contributed by atoms with van der Waals surface area (Å²) >= 11 is 5.88. The molecule has 0 amide bonds. The highest BCUT2D eigenvalue weighted by molar-refractivity contribution is 6.29. The largest absolute Gasteiger partial charge is 0.438 e. The minimum Gasteiger partial charge on any atom is -0.438 e. The quantitative estimate of drug-likeness (QED) is 0.676. The average Bonchev–Trinajstić information content (AvgIpc) is 2.80. The Morgan fingerprint density at radius 2 is 2.16 bits per heavy atom. The average molecular weight is 279 g/mol. The molecule has 0 fully saturated rings. The summed E-state index contributed by atoms with van der Waals surface area (Å²) in [6.45, 7) is 1.75. The number of halogens is 2. The van der Waals surface area contributed by atoms with Crippen LogP contribution in [0.15, 0.2) is 30.6 Å². The predicted octanol–water partition coefficient (Wildman–Crippen LogP) is 3.02. The van der Waals surface area contributed by atoms with Crippen LogP contribution in [0.5, 0.6) is 11.6 Å². The minimum absolute atomic E-state index is 0.246. The van der Waals surface area contributed by atoms with Gasteiger partial charge in [0.15, 0.2) is 0 Å². The fourth-order valence-corrected chi connectivity index (χ4v) is 1.84. The van der Waals surface area contributed by atoms with Crippen molar-refractivity contribution in [3.63, 3.8) is 0 Å². The van der Waals surface area contributed by atoms with Gasteiger partial charge in [-0.05, 0) is 30.7 Å². The van der Waals surface area contributed by atoms with Gasteiger partial charge < -0.3 is 4.74 Å². The van der Waals surface area contributed by atoms with Gasteiger partial charge in [0, 0.05) is 6.07 Å². The van der Waals surface area contributed by atoms with E-state index >= 15 is 0 Å². The summed E-state index contributed by atoms with van der Waals surface area (Å²) in [4.78, 5) is 7.92. The molecule has 0 radical (unpaired) electrons. The third kappa shape index (κ3) is 2.22. The summed E-state index contributed by atoms with van der Waals surface area (Å²) < 4.78 is 20.1. The number of hydrogen-bond acceptors (Lipinski definition) is 4. The van der Waals surface area contributed by atoms with Crippen molar-refractivity contribution in [1.29, 1.82) is 0 Å². The molecule has 3 rings (SSSR count). The standard InChI is InChI=1S/C12H8ClFN4O/c1-7-4-8(14)2-3-9(7)19-11-5-10(13)17-12-15-6-16-18(11)12/h2-6H,1H3. The van der Waals surface area contributed by atoms with E-state index in [0.29, 0.717) is 23.0 Å². The maximum Gasteiger partial charge on any atom is 0.256 e. The molecule has 0 saturated carbocycles. The second kappa shape index (κ2) is 4.47. The number of rotatable bonds is 2. The number of fused-ring (bicyclic) bond motifs is 1.